The molecule has 0 aliphatic heterocycles. The van der Waals surface area contributed by atoms with Gasteiger partial charge in [0, 0.05) is 27.5 Å². The van der Waals surface area contributed by atoms with Crippen LogP contribution in [0.1, 0.15) is 35.1 Å². The van der Waals surface area contributed by atoms with Crippen molar-refractivity contribution in [3.8, 4) is 10.6 Å². The zero-order chi connectivity index (χ0) is 17.2. The van der Waals surface area contributed by atoms with Gasteiger partial charge in [0.25, 0.3) is 0 Å². The highest BCUT2D eigenvalue weighted by Gasteiger charge is 2.25. The fraction of sp³-hybridized carbons (Fsp3) is 0.263. The average molecular weight is 418 g/mol. The van der Waals surface area contributed by atoms with Crippen LogP contribution in [0.15, 0.2) is 47.1 Å². The topological polar surface area (TPSA) is 37.8 Å². The van der Waals surface area contributed by atoms with Gasteiger partial charge >= 0.3 is 0 Å². The van der Waals surface area contributed by atoms with Crippen molar-refractivity contribution in [2.75, 3.05) is 0 Å². The molecule has 1 aromatic carbocycles. The molecule has 0 radical (unpaired) electrons. The minimum Gasteiger partial charge on any atom is -0.303 e. The van der Waals surface area contributed by atoms with Crippen molar-refractivity contribution in [2.45, 2.75) is 31.8 Å². The van der Waals surface area contributed by atoms with Gasteiger partial charge < -0.3 is 5.32 Å². The molecular formula is C19H17BrFN3S. The second-order valence-electron chi connectivity index (χ2n) is 6.10. The molecule has 1 aliphatic carbocycles. The van der Waals surface area contributed by atoms with E-state index in [-0.39, 0.29) is 11.9 Å². The Hall–Kier alpha value is -1.63. The molecule has 1 atom stereocenters. The van der Waals surface area contributed by atoms with Crippen LogP contribution in [-0.2, 0) is 13.0 Å². The normalized spacial score (nSPS) is 16.6. The van der Waals surface area contributed by atoms with Crippen LogP contribution < -0.4 is 5.32 Å². The number of halogens is 2. The van der Waals surface area contributed by atoms with Crippen molar-refractivity contribution in [1.82, 2.24) is 15.3 Å². The standard InChI is InChI=1S/C19H17BrFN3S/c20-15-5-2-1-4-14(15)19-24-17-7-3-6-16(18(17)25-19)23-11-13-9-8-12(21)10-22-13/h1-2,4-5,8-10,16,23H,3,6-7,11H2. The van der Waals surface area contributed by atoms with E-state index in [1.54, 1.807) is 17.4 Å². The van der Waals surface area contributed by atoms with E-state index >= 15 is 0 Å². The molecule has 4 rings (SSSR count). The highest BCUT2D eigenvalue weighted by Crippen LogP contribution is 2.39. The number of fused-ring (bicyclic) bond motifs is 1. The Balaban J connectivity index is 1.55. The third kappa shape index (κ3) is 3.66. The van der Waals surface area contributed by atoms with E-state index in [4.69, 9.17) is 4.98 Å². The summed E-state index contributed by atoms with van der Waals surface area (Å²) in [6.07, 6.45) is 4.51. The summed E-state index contributed by atoms with van der Waals surface area (Å²) in [5, 5.41) is 4.63. The lowest BCUT2D eigenvalue weighted by Crippen LogP contribution is -2.24. The molecule has 0 amide bonds. The maximum atomic E-state index is 13.0. The van der Waals surface area contributed by atoms with Crippen LogP contribution in [0.25, 0.3) is 10.6 Å². The molecule has 128 valence electrons. The molecule has 3 nitrogen and oxygen atoms in total. The summed E-state index contributed by atoms with van der Waals surface area (Å²) in [7, 11) is 0. The van der Waals surface area contributed by atoms with Crippen LogP contribution in [0.4, 0.5) is 4.39 Å². The molecule has 6 heteroatoms. The van der Waals surface area contributed by atoms with Crippen molar-refractivity contribution in [1.29, 1.82) is 0 Å². The van der Waals surface area contributed by atoms with Crippen LogP contribution in [0.5, 0.6) is 0 Å². The zero-order valence-electron chi connectivity index (χ0n) is 13.5. The first kappa shape index (κ1) is 16.8. The van der Waals surface area contributed by atoms with Crippen LogP contribution in [0.2, 0.25) is 0 Å². The highest BCUT2D eigenvalue weighted by molar-refractivity contribution is 9.10. The van der Waals surface area contributed by atoms with Crippen LogP contribution in [0, 0.1) is 5.82 Å². The molecule has 1 N–H and O–H groups in total. The van der Waals surface area contributed by atoms with E-state index in [1.807, 2.05) is 18.2 Å². The van der Waals surface area contributed by atoms with Crippen molar-refractivity contribution in [3.63, 3.8) is 0 Å². The van der Waals surface area contributed by atoms with Gasteiger partial charge in [0.05, 0.1) is 17.6 Å². The molecule has 0 bridgehead atoms. The molecule has 25 heavy (non-hydrogen) atoms. The Bertz CT molecular complexity index is 879. The van der Waals surface area contributed by atoms with E-state index in [0.29, 0.717) is 6.54 Å². The number of thiazole rings is 1. The zero-order valence-corrected chi connectivity index (χ0v) is 15.9. The fourth-order valence-electron chi connectivity index (χ4n) is 3.10. The number of pyridine rings is 1. The average Bonchev–Trinajstić information content (AvgIpc) is 3.06. The van der Waals surface area contributed by atoms with E-state index in [2.05, 4.69) is 32.3 Å². The van der Waals surface area contributed by atoms with Gasteiger partial charge in [-0.15, -0.1) is 11.3 Å². The molecule has 0 spiro atoms. The van der Waals surface area contributed by atoms with Gasteiger partial charge in [-0.1, -0.05) is 34.1 Å². The summed E-state index contributed by atoms with van der Waals surface area (Å²) < 4.78 is 14.1. The van der Waals surface area contributed by atoms with Gasteiger partial charge in [0.1, 0.15) is 10.8 Å². The quantitative estimate of drug-likeness (QED) is 0.627. The summed E-state index contributed by atoms with van der Waals surface area (Å²) in [4.78, 5) is 10.3. The molecular weight excluding hydrogens is 401 g/mol. The molecule has 2 aromatic heterocycles. The second-order valence-corrected chi connectivity index (χ2v) is 7.99. The molecule has 3 aromatic rings. The first-order valence-corrected chi connectivity index (χ1v) is 9.90. The smallest absolute Gasteiger partial charge is 0.141 e. The van der Waals surface area contributed by atoms with Crippen LogP contribution in [0.3, 0.4) is 0 Å². The Morgan fingerprint density at radius 2 is 2.12 bits per heavy atom. The molecule has 1 unspecified atom stereocenters. The lowest BCUT2D eigenvalue weighted by Gasteiger charge is -2.22. The molecule has 1 aliphatic rings. The fourth-order valence-corrected chi connectivity index (χ4v) is 4.97. The number of nitrogens with one attached hydrogen (secondary N) is 1. The molecule has 0 fully saturated rings. The van der Waals surface area contributed by atoms with Crippen molar-refractivity contribution in [3.05, 3.63) is 69.1 Å². The number of aromatic nitrogens is 2. The van der Waals surface area contributed by atoms with Gasteiger partial charge in [0.2, 0.25) is 0 Å². The van der Waals surface area contributed by atoms with Crippen molar-refractivity contribution >= 4 is 27.3 Å². The summed E-state index contributed by atoms with van der Waals surface area (Å²) in [5.74, 6) is -0.302. The maximum absolute atomic E-state index is 13.0. The SMILES string of the molecule is Fc1ccc(CNC2CCCc3nc(-c4ccccc4Br)sc32)nc1. The van der Waals surface area contributed by atoms with Crippen molar-refractivity contribution < 1.29 is 4.39 Å². The van der Waals surface area contributed by atoms with E-state index < -0.39 is 0 Å². The van der Waals surface area contributed by atoms with Crippen LogP contribution in [-0.4, -0.2) is 9.97 Å². The number of benzene rings is 1. The number of hydrogen-bond acceptors (Lipinski definition) is 4. The summed E-state index contributed by atoms with van der Waals surface area (Å²) in [6, 6.07) is 11.7. The van der Waals surface area contributed by atoms with E-state index in [0.717, 1.165) is 40.0 Å². The predicted octanol–water partition coefficient (Wildman–Crippen LogP) is 5.27. The maximum Gasteiger partial charge on any atom is 0.141 e. The number of aryl methyl sites for hydroxylation is 1. The largest absolute Gasteiger partial charge is 0.303 e. The van der Waals surface area contributed by atoms with Gasteiger partial charge in [0.15, 0.2) is 0 Å². The van der Waals surface area contributed by atoms with Gasteiger partial charge in [-0.25, -0.2) is 9.37 Å². The predicted molar refractivity (Wildman–Crippen MR) is 102 cm³/mol. The third-order valence-corrected chi connectivity index (χ3v) is 6.31. The Kier molecular flexibility index (Phi) is 4.92. The van der Waals surface area contributed by atoms with Gasteiger partial charge in [-0.2, -0.15) is 0 Å². The molecule has 0 saturated carbocycles. The number of hydrogen-bond donors (Lipinski definition) is 1. The van der Waals surface area contributed by atoms with Crippen molar-refractivity contribution in [2.24, 2.45) is 0 Å². The third-order valence-electron chi connectivity index (χ3n) is 4.37. The monoisotopic (exact) mass is 417 g/mol. The molecule has 0 saturated heterocycles. The Morgan fingerprint density at radius 1 is 1.24 bits per heavy atom. The Morgan fingerprint density at radius 3 is 2.92 bits per heavy atom. The molecule has 2 heterocycles. The lowest BCUT2D eigenvalue weighted by molar-refractivity contribution is 0.460. The highest BCUT2D eigenvalue weighted by atomic mass is 79.9. The second kappa shape index (κ2) is 7.32. The van der Waals surface area contributed by atoms with Crippen LogP contribution >= 0.6 is 27.3 Å². The lowest BCUT2D eigenvalue weighted by atomic mass is 9.98. The minimum atomic E-state index is -0.302. The summed E-state index contributed by atoms with van der Waals surface area (Å²) in [5.41, 5.74) is 3.19. The minimum absolute atomic E-state index is 0.282. The first-order chi connectivity index (χ1) is 12.2. The number of nitrogens with zero attached hydrogens (tertiary/aromatic N) is 2. The summed E-state index contributed by atoms with van der Waals surface area (Å²) >= 11 is 5.38. The van der Waals surface area contributed by atoms with E-state index in [9.17, 15) is 4.39 Å². The van der Waals surface area contributed by atoms with Gasteiger partial charge in [-0.3, -0.25) is 4.98 Å². The van der Waals surface area contributed by atoms with E-state index in [1.165, 1.54) is 22.8 Å². The summed E-state index contributed by atoms with van der Waals surface area (Å²) in [6.45, 7) is 0.632. The van der Waals surface area contributed by atoms with Gasteiger partial charge in [-0.05, 0) is 37.5 Å². The Labute approximate surface area is 158 Å². The number of rotatable bonds is 4. The first-order valence-electron chi connectivity index (χ1n) is 8.29.